The lowest BCUT2D eigenvalue weighted by molar-refractivity contribution is 0.962. The van der Waals surface area contributed by atoms with Crippen molar-refractivity contribution < 1.29 is 0 Å². The third-order valence-corrected chi connectivity index (χ3v) is 4.15. The fraction of sp³-hybridized carbons (Fsp3) is 0.308. The molecular formula is C13H15ClN2S. The summed E-state index contributed by atoms with van der Waals surface area (Å²) in [6.45, 7) is 2.06. The van der Waals surface area contributed by atoms with Crippen LogP contribution in [0.15, 0.2) is 24.3 Å². The zero-order valence-corrected chi connectivity index (χ0v) is 11.5. The first-order chi connectivity index (χ1) is 8.19. The van der Waals surface area contributed by atoms with E-state index in [1.165, 1.54) is 10.4 Å². The number of rotatable bonds is 4. The minimum Gasteiger partial charge on any atom is -0.365 e. The van der Waals surface area contributed by atoms with Crippen LogP contribution in [0.5, 0.6) is 0 Å². The second kappa shape index (κ2) is 5.52. The molecule has 0 atom stereocenters. The van der Waals surface area contributed by atoms with Crippen molar-refractivity contribution in [3.05, 3.63) is 45.4 Å². The summed E-state index contributed by atoms with van der Waals surface area (Å²) in [5, 5.41) is 4.87. The van der Waals surface area contributed by atoms with Crippen molar-refractivity contribution in [2.24, 2.45) is 0 Å². The maximum atomic E-state index is 5.86. The van der Waals surface area contributed by atoms with Gasteiger partial charge in [-0.3, -0.25) is 0 Å². The van der Waals surface area contributed by atoms with Gasteiger partial charge >= 0.3 is 0 Å². The minimum atomic E-state index is 0.792. The molecule has 2 rings (SSSR count). The van der Waals surface area contributed by atoms with Gasteiger partial charge in [0.05, 0.1) is 5.69 Å². The highest BCUT2D eigenvalue weighted by Gasteiger charge is 2.06. The summed E-state index contributed by atoms with van der Waals surface area (Å²) in [4.78, 5) is 5.79. The Labute approximate surface area is 111 Å². The van der Waals surface area contributed by atoms with E-state index in [-0.39, 0.29) is 0 Å². The van der Waals surface area contributed by atoms with Crippen LogP contribution in [0.2, 0.25) is 5.02 Å². The minimum absolute atomic E-state index is 0.792. The SMILES string of the molecule is CNc1nc(C)c(CCc2ccc(Cl)cc2)s1. The van der Waals surface area contributed by atoms with E-state index in [2.05, 4.69) is 29.4 Å². The molecule has 1 aromatic heterocycles. The topological polar surface area (TPSA) is 24.9 Å². The fourth-order valence-corrected chi connectivity index (χ4v) is 2.72. The molecule has 1 aromatic carbocycles. The van der Waals surface area contributed by atoms with Crippen molar-refractivity contribution in [1.29, 1.82) is 0 Å². The van der Waals surface area contributed by atoms with Gasteiger partial charge in [-0.1, -0.05) is 23.7 Å². The smallest absolute Gasteiger partial charge is 0.182 e. The van der Waals surface area contributed by atoms with E-state index in [0.29, 0.717) is 0 Å². The Hall–Kier alpha value is -1.06. The van der Waals surface area contributed by atoms with Crippen molar-refractivity contribution in [2.75, 3.05) is 12.4 Å². The summed E-state index contributed by atoms with van der Waals surface area (Å²) in [7, 11) is 1.90. The lowest BCUT2D eigenvalue weighted by Gasteiger charge is -2.00. The summed E-state index contributed by atoms with van der Waals surface area (Å²) in [5.41, 5.74) is 2.45. The highest BCUT2D eigenvalue weighted by atomic mass is 35.5. The molecule has 17 heavy (non-hydrogen) atoms. The highest BCUT2D eigenvalue weighted by molar-refractivity contribution is 7.15. The summed E-state index contributed by atoms with van der Waals surface area (Å²) in [6.07, 6.45) is 2.07. The van der Waals surface area contributed by atoms with Crippen LogP contribution in [-0.4, -0.2) is 12.0 Å². The Morgan fingerprint density at radius 2 is 1.94 bits per heavy atom. The molecule has 90 valence electrons. The second-order valence-corrected chi connectivity index (χ2v) is 5.42. The molecule has 0 saturated carbocycles. The third kappa shape index (κ3) is 3.20. The Balaban J connectivity index is 2.01. The third-order valence-electron chi connectivity index (χ3n) is 2.66. The fourth-order valence-electron chi connectivity index (χ4n) is 1.68. The molecule has 0 unspecified atom stereocenters. The molecule has 4 heteroatoms. The molecule has 0 saturated heterocycles. The average Bonchev–Trinajstić information content (AvgIpc) is 2.69. The Morgan fingerprint density at radius 3 is 2.53 bits per heavy atom. The largest absolute Gasteiger partial charge is 0.365 e. The van der Waals surface area contributed by atoms with Gasteiger partial charge in [0.25, 0.3) is 0 Å². The molecule has 1 heterocycles. The van der Waals surface area contributed by atoms with Gasteiger partial charge in [0.1, 0.15) is 0 Å². The first kappa shape index (κ1) is 12.4. The molecule has 0 aliphatic heterocycles. The van der Waals surface area contributed by atoms with Gasteiger partial charge in [0.15, 0.2) is 5.13 Å². The lowest BCUT2D eigenvalue weighted by Crippen LogP contribution is -1.90. The van der Waals surface area contributed by atoms with E-state index < -0.39 is 0 Å². The molecule has 0 spiro atoms. The van der Waals surface area contributed by atoms with Gasteiger partial charge in [-0.25, -0.2) is 4.98 Å². The molecule has 0 fully saturated rings. The van der Waals surface area contributed by atoms with Crippen LogP contribution >= 0.6 is 22.9 Å². The van der Waals surface area contributed by atoms with Crippen LogP contribution < -0.4 is 5.32 Å². The van der Waals surface area contributed by atoms with E-state index >= 15 is 0 Å². The number of halogens is 1. The summed E-state index contributed by atoms with van der Waals surface area (Å²) >= 11 is 7.59. The van der Waals surface area contributed by atoms with Crippen LogP contribution in [0.3, 0.4) is 0 Å². The van der Waals surface area contributed by atoms with Crippen molar-refractivity contribution >= 4 is 28.1 Å². The van der Waals surface area contributed by atoms with Crippen LogP contribution in [0.1, 0.15) is 16.1 Å². The van der Waals surface area contributed by atoms with Crippen LogP contribution in [0.4, 0.5) is 5.13 Å². The zero-order chi connectivity index (χ0) is 12.3. The van der Waals surface area contributed by atoms with Gasteiger partial charge in [0, 0.05) is 16.9 Å². The summed E-state index contributed by atoms with van der Waals surface area (Å²) in [6, 6.07) is 8.04. The number of aromatic nitrogens is 1. The van der Waals surface area contributed by atoms with Crippen LogP contribution in [0, 0.1) is 6.92 Å². The quantitative estimate of drug-likeness (QED) is 0.907. The number of hydrogen-bond acceptors (Lipinski definition) is 3. The van der Waals surface area contributed by atoms with Crippen LogP contribution in [0.25, 0.3) is 0 Å². The maximum absolute atomic E-state index is 5.86. The zero-order valence-electron chi connectivity index (χ0n) is 9.96. The number of anilines is 1. The second-order valence-electron chi connectivity index (χ2n) is 3.90. The number of aryl methyl sites for hydroxylation is 3. The number of benzene rings is 1. The number of hydrogen-bond donors (Lipinski definition) is 1. The number of nitrogens with zero attached hydrogens (tertiary/aromatic N) is 1. The Kier molecular flexibility index (Phi) is 4.02. The average molecular weight is 267 g/mol. The summed E-state index contributed by atoms with van der Waals surface area (Å²) < 4.78 is 0. The van der Waals surface area contributed by atoms with E-state index in [1.54, 1.807) is 11.3 Å². The van der Waals surface area contributed by atoms with E-state index in [4.69, 9.17) is 11.6 Å². The van der Waals surface area contributed by atoms with Crippen molar-refractivity contribution in [2.45, 2.75) is 19.8 Å². The Bertz CT molecular complexity index is 491. The van der Waals surface area contributed by atoms with Gasteiger partial charge in [-0.05, 0) is 37.5 Å². The van der Waals surface area contributed by atoms with E-state index in [9.17, 15) is 0 Å². The van der Waals surface area contributed by atoms with E-state index in [0.717, 1.165) is 28.7 Å². The van der Waals surface area contributed by atoms with E-state index in [1.807, 2.05) is 19.2 Å². The molecule has 0 aliphatic carbocycles. The van der Waals surface area contributed by atoms with Gasteiger partial charge in [-0.2, -0.15) is 0 Å². The normalized spacial score (nSPS) is 10.5. The van der Waals surface area contributed by atoms with Crippen molar-refractivity contribution in [1.82, 2.24) is 4.98 Å². The molecule has 2 aromatic rings. The lowest BCUT2D eigenvalue weighted by atomic mass is 10.1. The molecule has 1 N–H and O–H groups in total. The van der Waals surface area contributed by atoms with Crippen molar-refractivity contribution in [3.63, 3.8) is 0 Å². The predicted octanol–water partition coefficient (Wildman–Crippen LogP) is 3.93. The van der Waals surface area contributed by atoms with Gasteiger partial charge in [0.2, 0.25) is 0 Å². The monoisotopic (exact) mass is 266 g/mol. The molecule has 0 bridgehead atoms. The van der Waals surface area contributed by atoms with Crippen molar-refractivity contribution in [3.8, 4) is 0 Å². The first-order valence-electron chi connectivity index (χ1n) is 5.57. The number of nitrogens with one attached hydrogen (secondary N) is 1. The summed E-state index contributed by atoms with van der Waals surface area (Å²) in [5.74, 6) is 0. The molecule has 0 amide bonds. The highest BCUT2D eigenvalue weighted by Crippen LogP contribution is 2.23. The standard InChI is InChI=1S/C13H15ClN2S/c1-9-12(17-13(15-2)16-9)8-5-10-3-6-11(14)7-4-10/h3-4,6-7H,5,8H2,1-2H3,(H,15,16). The molecule has 0 radical (unpaired) electrons. The number of thiazole rings is 1. The van der Waals surface area contributed by atoms with Gasteiger partial charge in [-0.15, -0.1) is 11.3 Å². The first-order valence-corrected chi connectivity index (χ1v) is 6.77. The van der Waals surface area contributed by atoms with Crippen LogP contribution in [-0.2, 0) is 12.8 Å². The molecular weight excluding hydrogens is 252 g/mol. The predicted molar refractivity (Wildman–Crippen MR) is 75.3 cm³/mol. The van der Waals surface area contributed by atoms with Gasteiger partial charge < -0.3 is 5.32 Å². The Morgan fingerprint density at radius 1 is 1.24 bits per heavy atom. The molecule has 0 aliphatic rings. The molecule has 2 nitrogen and oxygen atoms in total. The maximum Gasteiger partial charge on any atom is 0.182 e.